The molecule has 5 nitrogen and oxygen atoms in total. The summed E-state index contributed by atoms with van der Waals surface area (Å²) in [5, 5.41) is 11.7. The lowest BCUT2D eigenvalue weighted by Gasteiger charge is -2.30. The number of carbonyl (C=O) groups is 2. The smallest absolute Gasteiger partial charge is 0.307 e. The largest absolute Gasteiger partial charge is 0.481 e. The molecule has 0 saturated carbocycles. The molecule has 0 radical (unpaired) electrons. The maximum absolute atomic E-state index is 12.5. The third-order valence-electron chi connectivity index (χ3n) is 3.60. The molecule has 0 aromatic heterocycles. The van der Waals surface area contributed by atoms with Gasteiger partial charge in [0.15, 0.2) is 0 Å². The summed E-state index contributed by atoms with van der Waals surface area (Å²) >= 11 is 0.378. The molecule has 0 bridgehead atoms. The number of aliphatic carboxylic acids is 1. The van der Waals surface area contributed by atoms with E-state index in [-0.39, 0.29) is 12.5 Å². The first-order valence-electron chi connectivity index (χ1n) is 7.24. The molecule has 23 heavy (non-hydrogen) atoms. The van der Waals surface area contributed by atoms with Crippen molar-refractivity contribution >= 4 is 29.3 Å². The number of rotatable bonds is 6. The zero-order chi connectivity index (χ0) is 16.8. The fourth-order valence-electron chi connectivity index (χ4n) is 2.56. The highest BCUT2D eigenvalue weighted by Crippen LogP contribution is 2.31. The second kappa shape index (κ2) is 8.26. The van der Waals surface area contributed by atoms with E-state index in [1.807, 2.05) is 0 Å². The van der Waals surface area contributed by atoms with Crippen molar-refractivity contribution in [3.63, 3.8) is 0 Å². The molecule has 1 aromatic carbocycles. The van der Waals surface area contributed by atoms with E-state index < -0.39 is 17.6 Å². The number of thioether (sulfide) groups is 1. The van der Waals surface area contributed by atoms with Crippen molar-refractivity contribution in [2.75, 3.05) is 25.0 Å². The number of benzene rings is 1. The maximum atomic E-state index is 12.5. The number of nitrogens with zero attached hydrogens (tertiary/aromatic N) is 1. The van der Waals surface area contributed by atoms with Gasteiger partial charge in [-0.15, -0.1) is 0 Å². The summed E-state index contributed by atoms with van der Waals surface area (Å²) in [6.45, 7) is 1.04. The number of nitrogens with one attached hydrogen (secondary N) is 1. The molecule has 1 heterocycles. The third kappa shape index (κ3) is 5.47. The van der Waals surface area contributed by atoms with Gasteiger partial charge in [-0.3, -0.25) is 14.5 Å². The number of halogens is 2. The Bertz CT molecular complexity index is 571. The average Bonchev–Trinajstić information content (AvgIpc) is 2.49. The number of anilines is 1. The Kier molecular flexibility index (Phi) is 6.35. The molecule has 1 unspecified atom stereocenters. The van der Waals surface area contributed by atoms with Crippen LogP contribution in [0, 0.1) is 5.92 Å². The van der Waals surface area contributed by atoms with E-state index in [4.69, 9.17) is 5.11 Å². The fourth-order valence-corrected chi connectivity index (χ4v) is 3.16. The van der Waals surface area contributed by atoms with Gasteiger partial charge in [0.2, 0.25) is 5.91 Å². The molecule has 0 aliphatic carbocycles. The van der Waals surface area contributed by atoms with E-state index in [1.165, 1.54) is 6.07 Å². The number of carbonyl (C=O) groups excluding carboxylic acids is 1. The van der Waals surface area contributed by atoms with E-state index in [9.17, 15) is 18.4 Å². The molecule has 1 aromatic rings. The van der Waals surface area contributed by atoms with Gasteiger partial charge in [-0.1, -0.05) is 23.9 Å². The Labute approximate surface area is 137 Å². The van der Waals surface area contributed by atoms with E-state index in [0.717, 1.165) is 6.42 Å². The molecular formula is C15H18F2N2O3S. The molecule has 1 saturated heterocycles. The van der Waals surface area contributed by atoms with Gasteiger partial charge in [0.1, 0.15) is 0 Å². The first kappa shape index (κ1) is 17.7. The molecule has 2 N–H and O–H groups in total. The topological polar surface area (TPSA) is 69.6 Å². The number of hydrogen-bond acceptors (Lipinski definition) is 4. The Hall–Kier alpha value is -1.67. The minimum absolute atomic E-state index is 0.0530. The Balaban J connectivity index is 1.93. The highest BCUT2D eigenvalue weighted by molar-refractivity contribution is 7.99. The summed E-state index contributed by atoms with van der Waals surface area (Å²) in [5.74, 6) is -4.21. The van der Waals surface area contributed by atoms with Crippen LogP contribution in [0.25, 0.3) is 0 Å². The standard InChI is InChI=1S/C15H18F2N2O3S/c16-15(17)23-12-6-2-1-5-11(12)18-13(20)9-19-7-3-4-10(8-19)14(21)22/h1-2,5-6,10,15H,3-4,7-9H2,(H,18,20)(H,21,22). The molecule has 1 atom stereocenters. The minimum Gasteiger partial charge on any atom is -0.481 e. The second-order valence-corrected chi connectivity index (χ2v) is 6.37. The quantitative estimate of drug-likeness (QED) is 0.777. The summed E-state index contributed by atoms with van der Waals surface area (Å²) in [4.78, 5) is 25.2. The second-order valence-electron chi connectivity index (χ2n) is 5.34. The van der Waals surface area contributed by atoms with Crippen LogP contribution in [0.2, 0.25) is 0 Å². The van der Waals surface area contributed by atoms with Gasteiger partial charge in [-0.05, 0) is 31.5 Å². The van der Waals surface area contributed by atoms with Gasteiger partial charge in [0.25, 0.3) is 5.76 Å². The van der Waals surface area contributed by atoms with Crippen molar-refractivity contribution in [2.24, 2.45) is 5.92 Å². The van der Waals surface area contributed by atoms with Gasteiger partial charge in [-0.25, -0.2) is 0 Å². The number of amides is 1. The first-order chi connectivity index (χ1) is 11.0. The van der Waals surface area contributed by atoms with Crippen LogP contribution in [0.15, 0.2) is 29.2 Å². The van der Waals surface area contributed by atoms with Crippen LogP contribution in [0.5, 0.6) is 0 Å². The van der Waals surface area contributed by atoms with Crippen molar-refractivity contribution in [3.8, 4) is 0 Å². The van der Waals surface area contributed by atoms with E-state index >= 15 is 0 Å². The minimum atomic E-state index is -2.56. The molecule has 1 amide bonds. The lowest BCUT2D eigenvalue weighted by Crippen LogP contribution is -2.42. The summed E-state index contributed by atoms with van der Waals surface area (Å²) in [6.07, 6.45) is 1.34. The Morgan fingerprint density at radius 1 is 1.39 bits per heavy atom. The molecule has 8 heteroatoms. The van der Waals surface area contributed by atoms with Crippen molar-refractivity contribution in [1.29, 1.82) is 0 Å². The predicted molar refractivity (Wildman–Crippen MR) is 83.7 cm³/mol. The molecule has 2 rings (SSSR count). The van der Waals surface area contributed by atoms with Crippen molar-refractivity contribution in [1.82, 2.24) is 4.90 Å². The van der Waals surface area contributed by atoms with Crippen LogP contribution in [-0.4, -0.2) is 47.3 Å². The van der Waals surface area contributed by atoms with Crippen molar-refractivity contribution in [2.45, 2.75) is 23.5 Å². The summed E-state index contributed by atoms with van der Waals surface area (Å²) in [6, 6.07) is 6.38. The third-order valence-corrected chi connectivity index (χ3v) is 4.39. The van der Waals surface area contributed by atoms with Crippen LogP contribution < -0.4 is 5.32 Å². The predicted octanol–water partition coefficient (Wildman–Crippen LogP) is 2.74. The zero-order valence-corrected chi connectivity index (χ0v) is 13.2. The van der Waals surface area contributed by atoms with Crippen LogP contribution in [0.3, 0.4) is 0 Å². The molecule has 0 spiro atoms. The summed E-state index contributed by atoms with van der Waals surface area (Å²) in [7, 11) is 0. The number of piperidine rings is 1. The maximum Gasteiger partial charge on any atom is 0.307 e. The van der Waals surface area contributed by atoms with Crippen LogP contribution in [0.1, 0.15) is 12.8 Å². The zero-order valence-electron chi connectivity index (χ0n) is 12.4. The van der Waals surface area contributed by atoms with Crippen molar-refractivity contribution in [3.05, 3.63) is 24.3 Å². The van der Waals surface area contributed by atoms with E-state index in [1.54, 1.807) is 23.1 Å². The Morgan fingerprint density at radius 3 is 2.83 bits per heavy atom. The molecular weight excluding hydrogens is 326 g/mol. The van der Waals surface area contributed by atoms with E-state index in [2.05, 4.69) is 5.32 Å². The number of alkyl halides is 2. The Morgan fingerprint density at radius 2 is 2.13 bits per heavy atom. The van der Waals surface area contributed by atoms with Crippen LogP contribution >= 0.6 is 11.8 Å². The number of carboxylic acid groups (broad SMARTS) is 1. The van der Waals surface area contributed by atoms with Gasteiger partial charge in [0.05, 0.1) is 18.2 Å². The summed E-state index contributed by atoms with van der Waals surface area (Å²) in [5.41, 5.74) is 0.342. The monoisotopic (exact) mass is 344 g/mol. The average molecular weight is 344 g/mol. The first-order valence-corrected chi connectivity index (χ1v) is 8.12. The summed E-state index contributed by atoms with van der Waals surface area (Å²) < 4.78 is 25.0. The molecule has 1 aliphatic rings. The highest BCUT2D eigenvalue weighted by Gasteiger charge is 2.26. The van der Waals surface area contributed by atoms with Crippen LogP contribution in [-0.2, 0) is 9.59 Å². The molecule has 126 valence electrons. The normalized spacial score (nSPS) is 18.8. The number of carboxylic acids is 1. The van der Waals surface area contributed by atoms with Crippen LogP contribution in [0.4, 0.5) is 14.5 Å². The van der Waals surface area contributed by atoms with Gasteiger partial charge >= 0.3 is 5.97 Å². The number of likely N-dealkylation sites (tertiary alicyclic amines) is 1. The van der Waals surface area contributed by atoms with Gasteiger partial charge in [-0.2, -0.15) is 8.78 Å². The lowest BCUT2D eigenvalue weighted by molar-refractivity contribution is -0.144. The lowest BCUT2D eigenvalue weighted by atomic mass is 9.98. The van der Waals surface area contributed by atoms with Gasteiger partial charge < -0.3 is 10.4 Å². The SMILES string of the molecule is O=C(CN1CCCC(C(=O)O)C1)Nc1ccccc1SC(F)F. The number of hydrogen-bond donors (Lipinski definition) is 2. The number of para-hydroxylation sites is 1. The fraction of sp³-hybridized carbons (Fsp3) is 0.467. The van der Waals surface area contributed by atoms with Gasteiger partial charge in [0, 0.05) is 11.4 Å². The molecule has 1 aliphatic heterocycles. The van der Waals surface area contributed by atoms with Crippen molar-refractivity contribution < 1.29 is 23.5 Å². The van der Waals surface area contributed by atoms with E-state index in [0.29, 0.717) is 41.9 Å². The highest BCUT2D eigenvalue weighted by atomic mass is 32.2. The molecule has 1 fully saturated rings.